The first-order valence-electron chi connectivity index (χ1n) is 6.43. The van der Waals surface area contributed by atoms with Gasteiger partial charge in [-0.05, 0) is 13.0 Å². The summed E-state index contributed by atoms with van der Waals surface area (Å²) in [7, 11) is 3.06. The lowest BCUT2D eigenvalue weighted by Gasteiger charge is -2.09. The summed E-state index contributed by atoms with van der Waals surface area (Å²) in [5.41, 5.74) is 3.01. The molecular weight excluding hydrogens is 296 g/mol. The highest BCUT2D eigenvalue weighted by molar-refractivity contribution is 6.33. The molecule has 0 atom stereocenters. The number of rotatable bonds is 8. The minimum absolute atomic E-state index is 0.226. The molecule has 0 bridgehead atoms. The Bertz CT molecular complexity index is 506. The molecule has 0 fully saturated rings. The molecule has 7 heteroatoms. The molecule has 0 aliphatic carbocycles. The molecule has 21 heavy (non-hydrogen) atoms. The van der Waals surface area contributed by atoms with Crippen LogP contribution in [0.15, 0.2) is 17.2 Å². The number of nitrogens with one attached hydrogen (secondary N) is 1. The smallest absolute Gasteiger partial charge is 0.242 e. The van der Waals surface area contributed by atoms with Gasteiger partial charge in [0.1, 0.15) is 0 Å². The van der Waals surface area contributed by atoms with E-state index in [-0.39, 0.29) is 12.3 Å². The van der Waals surface area contributed by atoms with Crippen molar-refractivity contribution in [1.82, 2.24) is 5.43 Å². The largest absolute Gasteiger partial charge is 0.493 e. The number of ether oxygens (including phenoxy) is 3. The van der Waals surface area contributed by atoms with E-state index in [1.54, 1.807) is 12.1 Å². The molecule has 116 valence electrons. The zero-order valence-corrected chi connectivity index (χ0v) is 13.1. The number of methoxy groups -OCH3 is 2. The van der Waals surface area contributed by atoms with Gasteiger partial charge in [-0.25, -0.2) is 5.43 Å². The van der Waals surface area contributed by atoms with Gasteiger partial charge in [-0.1, -0.05) is 11.6 Å². The summed E-state index contributed by atoms with van der Waals surface area (Å²) in [6.45, 7) is 2.82. The van der Waals surface area contributed by atoms with E-state index < -0.39 is 0 Å². The van der Waals surface area contributed by atoms with Gasteiger partial charge in [-0.3, -0.25) is 4.79 Å². The Kier molecular flexibility index (Phi) is 7.56. The molecule has 1 aromatic carbocycles. The number of hydrogen-bond donors (Lipinski definition) is 1. The van der Waals surface area contributed by atoms with Crippen molar-refractivity contribution in [2.75, 3.05) is 27.4 Å². The second-order valence-electron chi connectivity index (χ2n) is 3.97. The zero-order chi connectivity index (χ0) is 15.7. The fourth-order valence-electron chi connectivity index (χ4n) is 1.51. The van der Waals surface area contributed by atoms with Crippen molar-refractivity contribution >= 4 is 23.7 Å². The first-order chi connectivity index (χ1) is 10.1. The third kappa shape index (κ3) is 5.61. The SMILES string of the molecule is CCOCCC(=O)N/N=C/c1cc(OC)c(OC)cc1Cl. The quantitative estimate of drug-likeness (QED) is 0.454. The number of carbonyl (C=O) groups is 1. The number of hydrazone groups is 1. The molecule has 0 saturated heterocycles. The number of halogens is 1. The van der Waals surface area contributed by atoms with Crippen LogP contribution in [0.25, 0.3) is 0 Å². The van der Waals surface area contributed by atoms with E-state index in [1.807, 2.05) is 6.92 Å². The fraction of sp³-hybridized carbons (Fsp3) is 0.429. The Morgan fingerprint density at radius 3 is 2.62 bits per heavy atom. The Morgan fingerprint density at radius 1 is 1.33 bits per heavy atom. The Balaban J connectivity index is 2.65. The maximum Gasteiger partial charge on any atom is 0.242 e. The summed E-state index contributed by atoms with van der Waals surface area (Å²) in [5, 5.41) is 4.30. The van der Waals surface area contributed by atoms with E-state index in [0.29, 0.717) is 35.3 Å². The van der Waals surface area contributed by atoms with Crippen LogP contribution in [0.5, 0.6) is 11.5 Å². The Labute approximate surface area is 129 Å². The van der Waals surface area contributed by atoms with Crippen molar-refractivity contribution in [3.05, 3.63) is 22.7 Å². The highest BCUT2D eigenvalue weighted by Crippen LogP contribution is 2.32. The predicted octanol–water partition coefficient (Wildman–Crippen LogP) is 2.23. The molecule has 0 heterocycles. The second kappa shape index (κ2) is 9.20. The lowest BCUT2D eigenvalue weighted by atomic mass is 10.2. The molecular formula is C14H19ClN2O4. The maximum absolute atomic E-state index is 11.4. The van der Waals surface area contributed by atoms with E-state index in [4.69, 9.17) is 25.8 Å². The van der Waals surface area contributed by atoms with Gasteiger partial charge in [-0.15, -0.1) is 0 Å². The van der Waals surface area contributed by atoms with Gasteiger partial charge in [0.25, 0.3) is 0 Å². The molecule has 0 saturated carbocycles. The maximum atomic E-state index is 11.4. The summed E-state index contributed by atoms with van der Waals surface area (Å²) < 4.78 is 15.4. The molecule has 0 aromatic heterocycles. The number of amides is 1. The molecule has 0 unspecified atom stereocenters. The third-order valence-electron chi connectivity index (χ3n) is 2.57. The summed E-state index contributed by atoms with van der Waals surface area (Å²) in [4.78, 5) is 11.4. The van der Waals surface area contributed by atoms with E-state index in [2.05, 4.69) is 10.5 Å². The third-order valence-corrected chi connectivity index (χ3v) is 2.90. The summed E-state index contributed by atoms with van der Waals surface area (Å²) in [5.74, 6) is 0.836. The highest BCUT2D eigenvalue weighted by atomic mass is 35.5. The number of carbonyl (C=O) groups excluding carboxylic acids is 1. The lowest BCUT2D eigenvalue weighted by Crippen LogP contribution is -2.19. The van der Waals surface area contributed by atoms with Crippen molar-refractivity contribution in [3.63, 3.8) is 0 Å². The molecule has 1 aromatic rings. The summed E-state index contributed by atoms with van der Waals surface area (Å²) in [6.07, 6.45) is 1.70. The standard InChI is InChI=1S/C14H19ClN2O4/c1-4-21-6-5-14(18)17-16-9-10-7-12(19-2)13(20-3)8-11(10)15/h7-9H,4-6H2,1-3H3,(H,17,18)/b16-9+. The average Bonchev–Trinajstić information content (AvgIpc) is 2.48. The summed E-state index contributed by atoms with van der Waals surface area (Å²) in [6, 6.07) is 3.30. The van der Waals surface area contributed by atoms with Crippen LogP contribution in [0, 0.1) is 0 Å². The topological polar surface area (TPSA) is 69.2 Å². The molecule has 6 nitrogen and oxygen atoms in total. The molecule has 1 amide bonds. The number of hydrogen-bond acceptors (Lipinski definition) is 5. The van der Waals surface area contributed by atoms with Crippen molar-refractivity contribution in [2.45, 2.75) is 13.3 Å². The normalized spacial score (nSPS) is 10.7. The minimum atomic E-state index is -0.226. The van der Waals surface area contributed by atoms with Crippen molar-refractivity contribution in [1.29, 1.82) is 0 Å². The molecule has 1 N–H and O–H groups in total. The molecule has 0 spiro atoms. The Hall–Kier alpha value is -1.79. The van der Waals surface area contributed by atoms with E-state index in [1.165, 1.54) is 20.4 Å². The second-order valence-corrected chi connectivity index (χ2v) is 4.38. The molecule has 0 aliphatic heterocycles. The first kappa shape index (κ1) is 17.3. The van der Waals surface area contributed by atoms with E-state index in [0.717, 1.165) is 0 Å². The lowest BCUT2D eigenvalue weighted by molar-refractivity contribution is -0.122. The van der Waals surface area contributed by atoms with Crippen LogP contribution < -0.4 is 14.9 Å². The monoisotopic (exact) mass is 314 g/mol. The van der Waals surface area contributed by atoms with Crippen molar-refractivity contribution in [2.24, 2.45) is 5.10 Å². The van der Waals surface area contributed by atoms with Crippen LogP contribution in [0.4, 0.5) is 0 Å². The van der Waals surface area contributed by atoms with Gasteiger partial charge < -0.3 is 14.2 Å². The van der Waals surface area contributed by atoms with Gasteiger partial charge in [0, 0.05) is 18.2 Å². The van der Waals surface area contributed by atoms with E-state index >= 15 is 0 Å². The fourth-order valence-corrected chi connectivity index (χ4v) is 1.71. The number of nitrogens with zero attached hydrogens (tertiary/aromatic N) is 1. The van der Waals surface area contributed by atoms with Crippen LogP contribution in [-0.2, 0) is 9.53 Å². The highest BCUT2D eigenvalue weighted by Gasteiger charge is 2.08. The van der Waals surface area contributed by atoms with Crippen LogP contribution in [0.2, 0.25) is 5.02 Å². The zero-order valence-electron chi connectivity index (χ0n) is 12.3. The van der Waals surface area contributed by atoms with E-state index in [9.17, 15) is 4.79 Å². The van der Waals surface area contributed by atoms with Crippen LogP contribution in [-0.4, -0.2) is 39.6 Å². The molecule has 0 radical (unpaired) electrons. The predicted molar refractivity (Wildman–Crippen MR) is 81.4 cm³/mol. The van der Waals surface area contributed by atoms with Crippen LogP contribution in [0.3, 0.4) is 0 Å². The van der Waals surface area contributed by atoms with Crippen molar-refractivity contribution < 1.29 is 19.0 Å². The average molecular weight is 315 g/mol. The molecule has 0 aliphatic rings. The van der Waals surface area contributed by atoms with Crippen molar-refractivity contribution in [3.8, 4) is 11.5 Å². The van der Waals surface area contributed by atoms with Gasteiger partial charge in [0.15, 0.2) is 11.5 Å². The Morgan fingerprint density at radius 2 is 2.00 bits per heavy atom. The first-order valence-corrected chi connectivity index (χ1v) is 6.81. The van der Waals surface area contributed by atoms with Gasteiger partial charge >= 0.3 is 0 Å². The summed E-state index contributed by atoms with van der Waals surface area (Å²) >= 11 is 6.10. The number of benzene rings is 1. The van der Waals surface area contributed by atoms with Crippen LogP contribution in [0.1, 0.15) is 18.9 Å². The van der Waals surface area contributed by atoms with Gasteiger partial charge in [-0.2, -0.15) is 5.10 Å². The van der Waals surface area contributed by atoms with Gasteiger partial charge in [0.05, 0.1) is 38.5 Å². The van der Waals surface area contributed by atoms with Crippen LogP contribution >= 0.6 is 11.6 Å². The van der Waals surface area contributed by atoms with Gasteiger partial charge in [0.2, 0.25) is 5.91 Å². The molecule has 1 rings (SSSR count). The minimum Gasteiger partial charge on any atom is -0.493 e.